The molecule has 1 aromatic heterocycles. The Morgan fingerprint density at radius 3 is 2.93 bits per heavy atom. The number of fused-ring (bicyclic) bond motifs is 1. The fraction of sp³-hybridized carbons (Fsp3) is 0.182. The molecule has 0 saturated carbocycles. The van der Waals surface area contributed by atoms with Gasteiger partial charge < -0.3 is 0 Å². The molecule has 0 bridgehead atoms. The minimum Gasteiger partial charge on any atom is -0.277 e. The molecular weight excluding hydrogens is 196 g/mol. The first-order chi connectivity index (χ1) is 6.66. The van der Waals surface area contributed by atoms with Crippen LogP contribution < -0.4 is 0 Å². The van der Waals surface area contributed by atoms with E-state index in [4.69, 9.17) is 11.6 Å². The highest BCUT2D eigenvalue weighted by Crippen LogP contribution is 2.21. The zero-order chi connectivity index (χ0) is 10.1. The summed E-state index contributed by atoms with van der Waals surface area (Å²) in [7, 11) is 0. The predicted octanol–water partition coefficient (Wildman–Crippen LogP) is 3.64. The number of hydrogen-bond donors (Lipinski definition) is 1. The molecule has 0 amide bonds. The molecule has 2 nitrogen and oxygen atoms in total. The van der Waals surface area contributed by atoms with Crippen molar-refractivity contribution in [3.05, 3.63) is 34.5 Å². The first kappa shape index (κ1) is 9.28. The van der Waals surface area contributed by atoms with E-state index in [2.05, 4.69) is 30.1 Å². The lowest BCUT2D eigenvalue weighted by Gasteiger charge is -1.92. The van der Waals surface area contributed by atoms with Crippen LogP contribution in [0, 0.1) is 0 Å². The van der Waals surface area contributed by atoms with Crippen LogP contribution in [0.4, 0.5) is 0 Å². The van der Waals surface area contributed by atoms with E-state index in [1.807, 2.05) is 18.2 Å². The average Bonchev–Trinajstić information content (AvgIpc) is 2.47. The maximum Gasteiger partial charge on any atom is 0.0928 e. The van der Waals surface area contributed by atoms with E-state index in [1.165, 1.54) is 5.57 Å². The van der Waals surface area contributed by atoms with E-state index in [0.717, 1.165) is 21.6 Å². The molecule has 0 atom stereocenters. The molecule has 1 aromatic carbocycles. The zero-order valence-electron chi connectivity index (χ0n) is 8.13. The summed E-state index contributed by atoms with van der Waals surface area (Å²) in [5.74, 6) is 0. The van der Waals surface area contributed by atoms with Gasteiger partial charge in [-0.1, -0.05) is 17.2 Å². The summed E-state index contributed by atoms with van der Waals surface area (Å²) >= 11 is 5.92. The van der Waals surface area contributed by atoms with Gasteiger partial charge in [0, 0.05) is 10.4 Å². The Hall–Kier alpha value is -1.28. The lowest BCUT2D eigenvalue weighted by Crippen LogP contribution is -1.74. The molecular formula is C11H11ClN2. The second kappa shape index (κ2) is 3.46. The van der Waals surface area contributed by atoms with Crippen molar-refractivity contribution in [1.29, 1.82) is 0 Å². The van der Waals surface area contributed by atoms with Gasteiger partial charge in [-0.3, -0.25) is 5.10 Å². The quantitative estimate of drug-likeness (QED) is 0.758. The number of nitrogens with zero attached hydrogens (tertiary/aromatic N) is 1. The van der Waals surface area contributed by atoms with Crippen molar-refractivity contribution in [2.75, 3.05) is 0 Å². The van der Waals surface area contributed by atoms with Crippen molar-refractivity contribution >= 4 is 28.6 Å². The SMILES string of the molecule is CC(C)=Cc1[nH]nc2ccc(Cl)cc12. The molecule has 0 spiro atoms. The minimum absolute atomic E-state index is 0.738. The number of aromatic amines is 1. The first-order valence-corrected chi connectivity index (χ1v) is 4.83. The lowest BCUT2D eigenvalue weighted by atomic mass is 10.2. The third-order valence-electron chi connectivity index (χ3n) is 1.98. The number of halogens is 1. The van der Waals surface area contributed by atoms with Gasteiger partial charge in [0.2, 0.25) is 0 Å². The summed E-state index contributed by atoms with van der Waals surface area (Å²) in [6.45, 7) is 4.11. The van der Waals surface area contributed by atoms with Crippen molar-refractivity contribution < 1.29 is 0 Å². The number of H-pyrrole nitrogens is 1. The summed E-state index contributed by atoms with van der Waals surface area (Å²) < 4.78 is 0. The molecule has 2 rings (SSSR count). The molecule has 14 heavy (non-hydrogen) atoms. The fourth-order valence-corrected chi connectivity index (χ4v) is 1.57. The molecule has 0 radical (unpaired) electrons. The molecule has 1 N–H and O–H groups in total. The highest BCUT2D eigenvalue weighted by atomic mass is 35.5. The van der Waals surface area contributed by atoms with Crippen LogP contribution in [0.3, 0.4) is 0 Å². The van der Waals surface area contributed by atoms with Gasteiger partial charge in [0.1, 0.15) is 0 Å². The normalized spacial score (nSPS) is 10.5. The Morgan fingerprint density at radius 2 is 2.21 bits per heavy atom. The second-order valence-corrected chi connectivity index (χ2v) is 3.96. The number of rotatable bonds is 1. The highest BCUT2D eigenvalue weighted by molar-refractivity contribution is 6.31. The van der Waals surface area contributed by atoms with Gasteiger partial charge in [-0.15, -0.1) is 0 Å². The van der Waals surface area contributed by atoms with Crippen molar-refractivity contribution in [3.8, 4) is 0 Å². The topological polar surface area (TPSA) is 28.7 Å². The van der Waals surface area contributed by atoms with Crippen LogP contribution in [0.2, 0.25) is 5.02 Å². The molecule has 1 heterocycles. The first-order valence-electron chi connectivity index (χ1n) is 4.45. The smallest absolute Gasteiger partial charge is 0.0928 e. The largest absolute Gasteiger partial charge is 0.277 e. The van der Waals surface area contributed by atoms with Gasteiger partial charge in [0.05, 0.1) is 11.2 Å². The molecule has 72 valence electrons. The summed E-state index contributed by atoms with van der Waals surface area (Å²) in [6.07, 6.45) is 2.06. The Labute approximate surface area is 87.6 Å². The Bertz CT molecular complexity index is 493. The Morgan fingerprint density at radius 1 is 1.43 bits per heavy atom. The van der Waals surface area contributed by atoms with Crippen molar-refractivity contribution in [1.82, 2.24) is 10.2 Å². The van der Waals surface area contributed by atoms with Crippen molar-refractivity contribution in [2.24, 2.45) is 0 Å². The zero-order valence-corrected chi connectivity index (χ0v) is 8.89. The van der Waals surface area contributed by atoms with E-state index in [0.29, 0.717) is 0 Å². The second-order valence-electron chi connectivity index (χ2n) is 3.52. The lowest BCUT2D eigenvalue weighted by molar-refractivity contribution is 1.10. The van der Waals surface area contributed by atoms with Crippen LogP contribution in [0.1, 0.15) is 19.5 Å². The van der Waals surface area contributed by atoms with Crippen molar-refractivity contribution in [2.45, 2.75) is 13.8 Å². The monoisotopic (exact) mass is 206 g/mol. The van der Waals surface area contributed by atoms with E-state index in [-0.39, 0.29) is 0 Å². The average molecular weight is 207 g/mol. The van der Waals surface area contributed by atoms with Crippen LogP contribution in [0.15, 0.2) is 23.8 Å². The number of aromatic nitrogens is 2. The predicted molar refractivity (Wildman–Crippen MR) is 60.4 cm³/mol. The number of benzene rings is 1. The van der Waals surface area contributed by atoms with Crippen LogP contribution in [-0.4, -0.2) is 10.2 Å². The maximum absolute atomic E-state index is 5.92. The van der Waals surface area contributed by atoms with Gasteiger partial charge >= 0.3 is 0 Å². The number of nitrogens with one attached hydrogen (secondary N) is 1. The van der Waals surface area contributed by atoms with E-state index < -0.39 is 0 Å². The van der Waals surface area contributed by atoms with Crippen LogP contribution in [0.25, 0.3) is 17.0 Å². The standard InChI is InChI=1S/C11H11ClN2/c1-7(2)5-11-9-6-8(12)3-4-10(9)13-14-11/h3-6H,1-2H3,(H,13,14). The molecule has 0 aliphatic heterocycles. The van der Waals surface area contributed by atoms with Crippen LogP contribution >= 0.6 is 11.6 Å². The summed E-state index contributed by atoms with van der Waals surface area (Å²) in [6, 6.07) is 5.68. The number of hydrogen-bond acceptors (Lipinski definition) is 1. The minimum atomic E-state index is 0.738. The molecule has 0 unspecified atom stereocenters. The molecule has 0 aliphatic rings. The van der Waals surface area contributed by atoms with E-state index in [9.17, 15) is 0 Å². The Kier molecular flexibility index (Phi) is 2.30. The number of allylic oxidation sites excluding steroid dienone is 1. The third-order valence-corrected chi connectivity index (χ3v) is 2.21. The molecule has 0 saturated heterocycles. The van der Waals surface area contributed by atoms with Crippen LogP contribution in [0.5, 0.6) is 0 Å². The molecule has 0 fully saturated rings. The fourth-order valence-electron chi connectivity index (χ4n) is 1.40. The molecule has 3 heteroatoms. The van der Waals surface area contributed by atoms with Gasteiger partial charge in [-0.2, -0.15) is 5.10 Å². The third kappa shape index (κ3) is 1.66. The maximum atomic E-state index is 5.92. The summed E-state index contributed by atoms with van der Waals surface area (Å²) in [4.78, 5) is 0. The molecule has 0 aliphatic carbocycles. The van der Waals surface area contributed by atoms with Gasteiger partial charge in [0.15, 0.2) is 0 Å². The van der Waals surface area contributed by atoms with Gasteiger partial charge in [0.25, 0.3) is 0 Å². The van der Waals surface area contributed by atoms with Crippen molar-refractivity contribution in [3.63, 3.8) is 0 Å². The molecule has 2 aromatic rings. The highest BCUT2D eigenvalue weighted by Gasteiger charge is 2.02. The van der Waals surface area contributed by atoms with Gasteiger partial charge in [-0.25, -0.2) is 0 Å². The summed E-state index contributed by atoms with van der Waals surface area (Å²) in [5.41, 5.74) is 3.19. The van der Waals surface area contributed by atoms with E-state index >= 15 is 0 Å². The van der Waals surface area contributed by atoms with E-state index in [1.54, 1.807) is 0 Å². The van der Waals surface area contributed by atoms with Crippen LogP contribution in [-0.2, 0) is 0 Å². The van der Waals surface area contributed by atoms with Gasteiger partial charge in [-0.05, 0) is 38.1 Å². The Balaban J connectivity index is 2.67. The summed E-state index contributed by atoms with van der Waals surface area (Å²) in [5, 5.41) is 8.98.